The van der Waals surface area contributed by atoms with Crippen LogP contribution in [-0.2, 0) is 16.2 Å². The zero-order chi connectivity index (χ0) is 29.5. The van der Waals surface area contributed by atoms with Crippen LogP contribution >= 0.6 is 11.6 Å². The number of nitro groups is 1. The highest BCUT2D eigenvalue weighted by Crippen LogP contribution is 2.38. The number of urea groups is 1. The first-order chi connectivity index (χ1) is 19.7. The average Bonchev–Trinajstić information content (AvgIpc) is 2.95. The summed E-state index contributed by atoms with van der Waals surface area (Å²) in [5.41, 5.74) is 0.943. The van der Waals surface area contributed by atoms with Crippen LogP contribution in [0.3, 0.4) is 0 Å². The maximum absolute atomic E-state index is 13.3. The molecule has 0 atom stereocenters. The molecule has 0 aliphatic carbocycles. The zero-order valence-corrected chi connectivity index (χ0v) is 23.0. The monoisotopic (exact) mass is 579 g/mol. The minimum absolute atomic E-state index is 0.0447. The van der Waals surface area contributed by atoms with E-state index in [-0.39, 0.29) is 40.1 Å². The number of hydrogen-bond donors (Lipinski definition) is 1. The standard InChI is InChI=1S/C29H26ClN3O8/c1-3-4-13-40-22-11-9-20(10-12-22)32-28(35)23(27(34)31-29(32)36)14-19-15-24(30)26(25(16-19)39-2)41-17-18-5-7-21(8-6-18)33(37)38/h5-12,14-16H,3-4,13,17H2,1-2H3,(H,31,34,36)/b23-14-. The van der Waals surface area contributed by atoms with Crippen molar-refractivity contribution in [2.24, 2.45) is 0 Å². The van der Waals surface area contributed by atoms with Gasteiger partial charge in [-0.15, -0.1) is 0 Å². The van der Waals surface area contributed by atoms with Gasteiger partial charge >= 0.3 is 6.03 Å². The van der Waals surface area contributed by atoms with E-state index in [0.29, 0.717) is 23.5 Å². The maximum atomic E-state index is 13.3. The first-order valence-electron chi connectivity index (χ1n) is 12.6. The highest BCUT2D eigenvalue weighted by Gasteiger charge is 2.37. The fourth-order valence-corrected chi connectivity index (χ4v) is 4.19. The molecule has 0 spiro atoms. The molecule has 1 fully saturated rings. The molecular weight excluding hydrogens is 554 g/mol. The molecule has 0 bridgehead atoms. The fraction of sp³-hybridized carbons (Fsp3) is 0.207. The van der Waals surface area contributed by atoms with Crippen LogP contribution in [0.25, 0.3) is 6.08 Å². The van der Waals surface area contributed by atoms with Gasteiger partial charge in [-0.25, -0.2) is 9.69 Å². The van der Waals surface area contributed by atoms with E-state index in [0.717, 1.165) is 17.7 Å². The van der Waals surface area contributed by atoms with Crippen LogP contribution in [0, 0.1) is 10.1 Å². The van der Waals surface area contributed by atoms with Gasteiger partial charge in [-0.3, -0.25) is 25.0 Å². The summed E-state index contributed by atoms with van der Waals surface area (Å²) in [6, 6.07) is 14.4. The van der Waals surface area contributed by atoms with Crippen LogP contribution in [0.5, 0.6) is 17.2 Å². The van der Waals surface area contributed by atoms with E-state index >= 15 is 0 Å². The van der Waals surface area contributed by atoms with Gasteiger partial charge in [0.15, 0.2) is 11.5 Å². The molecule has 3 aromatic rings. The van der Waals surface area contributed by atoms with Crippen molar-refractivity contribution in [2.75, 3.05) is 18.6 Å². The molecule has 0 radical (unpaired) electrons. The summed E-state index contributed by atoms with van der Waals surface area (Å²) in [6.45, 7) is 2.65. The number of nitro benzene ring substituents is 1. The molecule has 1 heterocycles. The number of non-ortho nitro benzene ring substituents is 1. The van der Waals surface area contributed by atoms with Gasteiger partial charge in [-0.1, -0.05) is 24.9 Å². The topological polar surface area (TPSA) is 137 Å². The zero-order valence-electron chi connectivity index (χ0n) is 22.2. The minimum atomic E-state index is -0.873. The number of methoxy groups -OCH3 is 1. The number of amides is 4. The third kappa shape index (κ3) is 6.82. The second-order valence-corrected chi connectivity index (χ2v) is 9.31. The Morgan fingerprint density at radius 1 is 1.02 bits per heavy atom. The van der Waals surface area contributed by atoms with Crippen LogP contribution in [0.1, 0.15) is 30.9 Å². The van der Waals surface area contributed by atoms with Crippen molar-refractivity contribution in [3.05, 3.63) is 92.5 Å². The molecule has 1 aliphatic rings. The third-order valence-electron chi connectivity index (χ3n) is 6.06. The lowest BCUT2D eigenvalue weighted by Gasteiger charge is -2.26. The number of nitrogens with one attached hydrogen (secondary N) is 1. The molecule has 0 saturated carbocycles. The van der Waals surface area contributed by atoms with Gasteiger partial charge in [0, 0.05) is 12.1 Å². The number of anilines is 1. The molecule has 12 heteroatoms. The third-order valence-corrected chi connectivity index (χ3v) is 6.34. The Labute approximate surface area is 240 Å². The number of hydrogen-bond acceptors (Lipinski definition) is 8. The molecule has 1 saturated heterocycles. The minimum Gasteiger partial charge on any atom is -0.494 e. The highest BCUT2D eigenvalue weighted by atomic mass is 35.5. The number of benzene rings is 3. The molecule has 0 unspecified atom stereocenters. The summed E-state index contributed by atoms with van der Waals surface area (Å²) in [6.07, 6.45) is 3.18. The fourth-order valence-electron chi connectivity index (χ4n) is 3.92. The molecule has 1 N–H and O–H groups in total. The lowest BCUT2D eigenvalue weighted by Crippen LogP contribution is -2.54. The van der Waals surface area contributed by atoms with Gasteiger partial charge in [-0.2, -0.15) is 0 Å². The highest BCUT2D eigenvalue weighted by molar-refractivity contribution is 6.39. The Morgan fingerprint density at radius 2 is 1.73 bits per heavy atom. The lowest BCUT2D eigenvalue weighted by atomic mass is 10.1. The van der Waals surface area contributed by atoms with E-state index in [4.69, 9.17) is 25.8 Å². The van der Waals surface area contributed by atoms with E-state index in [1.807, 2.05) is 0 Å². The van der Waals surface area contributed by atoms with E-state index in [1.54, 1.807) is 36.4 Å². The van der Waals surface area contributed by atoms with Gasteiger partial charge in [0.1, 0.15) is 17.9 Å². The summed E-state index contributed by atoms with van der Waals surface area (Å²) in [4.78, 5) is 49.7. The number of nitrogens with zero attached hydrogens (tertiary/aromatic N) is 2. The normalized spacial score (nSPS) is 14.2. The van der Waals surface area contributed by atoms with Crippen molar-refractivity contribution in [2.45, 2.75) is 26.4 Å². The molecular formula is C29H26ClN3O8. The molecule has 4 rings (SSSR count). The molecule has 212 valence electrons. The predicted octanol–water partition coefficient (Wildman–Crippen LogP) is 5.68. The number of barbiturate groups is 1. The van der Waals surface area contributed by atoms with Crippen LogP contribution in [-0.4, -0.2) is 36.5 Å². The molecule has 0 aromatic heterocycles. The average molecular weight is 580 g/mol. The van der Waals surface area contributed by atoms with Crippen LogP contribution < -0.4 is 24.4 Å². The summed E-state index contributed by atoms with van der Waals surface area (Å²) >= 11 is 6.46. The second kappa shape index (κ2) is 13.0. The number of halogens is 1. The number of rotatable bonds is 11. The smallest absolute Gasteiger partial charge is 0.335 e. The maximum Gasteiger partial charge on any atom is 0.335 e. The molecule has 3 aromatic carbocycles. The molecule has 41 heavy (non-hydrogen) atoms. The number of imide groups is 2. The molecule has 1 aliphatic heterocycles. The van der Waals surface area contributed by atoms with Gasteiger partial charge in [-0.05, 0) is 72.2 Å². The van der Waals surface area contributed by atoms with Crippen LogP contribution in [0.4, 0.5) is 16.2 Å². The van der Waals surface area contributed by atoms with Crippen molar-refractivity contribution < 1.29 is 33.5 Å². The lowest BCUT2D eigenvalue weighted by molar-refractivity contribution is -0.384. The van der Waals surface area contributed by atoms with Crippen LogP contribution in [0.2, 0.25) is 5.02 Å². The summed E-state index contributed by atoms with van der Waals surface area (Å²) < 4.78 is 16.8. The van der Waals surface area contributed by atoms with Crippen molar-refractivity contribution in [3.63, 3.8) is 0 Å². The number of ether oxygens (including phenoxy) is 3. The van der Waals surface area contributed by atoms with Crippen LogP contribution in [0.15, 0.2) is 66.2 Å². The number of carbonyl (C=O) groups is 3. The van der Waals surface area contributed by atoms with Gasteiger partial charge in [0.2, 0.25) is 0 Å². The quantitative estimate of drug-likeness (QED) is 0.101. The van der Waals surface area contributed by atoms with Gasteiger partial charge in [0.05, 0.1) is 29.4 Å². The first kappa shape index (κ1) is 29.1. The van der Waals surface area contributed by atoms with Crippen molar-refractivity contribution >= 4 is 46.9 Å². The number of unbranched alkanes of at least 4 members (excludes halogenated alkanes) is 1. The molecule has 11 nitrogen and oxygen atoms in total. The van der Waals surface area contributed by atoms with Crippen molar-refractivity contribution in [1.29, 1.82) is 0 Å². The Morgan fingerprint density at radius 3 is 2.37 bits per heavy atom. The summed E-state index contributed by atoms with van der Waals surface area (Å²) in [5, 5.41) is 13.2. The van der Waals surface area contributed by atoms with E-state index < -0.39 is 22.8 Å². The van der Waals surface area contributed by atoms with Gasteiger partial charge < -0.3 is 14.2 Å². The number of carbonyl (C=O) groups excluding carboxylic acids is 3. The van der Waals surface area contributed by atoms with E-state index in [1.165, 1.54) is 37.5 Å². The van der Waals surface area contributed by atoms with E-state index in [9.17, 15) is 24.5 Å². The Balaban J connectivity index is 1.55. The Bertz CT molecular complexity index is 1500. The largest absolute Gasteiger partial charge is 0.494 e. The van der Waals surface area contributed by atoms with Crippen molar-refractivity contribution in [1.82, 2.24) is 5.32 Å². The van der Waals surface area contributed by atoms with Gasteiger partial charge in [0.25, 0.3) is 17.5 Å². The Kier molecular flexibility index (Phi) is 9.20. The Hall–Kier alpha value is -4.90. The summed E-state index contributed by atoms with van der Waals surface area (Å²) in [5.74, 6) is -0.651. The summed E-state index contributed by atoms with van der Waals surface area (Å²) in [7, 11) is 1.40. The molecule has 4 amide bonds. The second-order valence-electron chi connectivity index (χ2n) is 8.90. The first-order valence-corrected chi connectivity index (χ1v) is 13.0. The van der Waals surface area contributed by atoms with Crippen molar-refractivity contribution in [3.8, 4) is 17.2 Å². The van der Waals surface area contributed by atoms with E-state index in [2.05, 4.69) is 12.2 Å². The predicted molar refractivity (Wildman–Crippen MR) is 151 cm³/mol. The SMILES string of the molecule is CCCCOc1ccc(N2C(=O)NC(=O)/C(=C/c3cc(Cl)c(OCc4ccc([N+](=O)[O-])cc4)c(OC)c3)C2=O)cc1.